The fraction of sp³-hybridized carbons (Fsp3) is 0.176. The van der Waals surface area contributed by atoms with Gasteiger partial charge in [0.15, 0.2) is 17.5 Å². The van der Waals surface area contributed by atoms with Gasteiger partial charge in [-0.15, -0.1) is 0 Å². The summed E-state index contributed by atoms with van der Waals surface area (Å²) in [6, 6.07) is 7.57. The molecule has 0 aliphatic carbocycles. The highest BCUT2D eigenvalue weighted by Gasteiger charge is 2.21. The molecule has 0 aliphatic rings. The topological polar surface area (TPSA) is 30.9 Å². The van der Waals surface area contributed by atoms with Crippen LogP contribution >= 0.6 is 22.6 Å². The first-order valence-electron chi connectivity index (χ1n) is 7.05. The van der Waals surface area contributed by atoms with Gasteiger partial charge in [0.1, 0.15) is 0 Å². The Bertz CT molecular complexity index is 893. The highest BCUT2D eigenvalue weighted by molar-refractivity contribution is 14.1. The van der Waals surface area contributed by atoms with E-state index < -0.39 is 17.5 Å². The maximum absolute atomic E-state index is 13.6. The predicted octanol–water partition coefficient (Wildman–Crippen LogP) is 5.49. The first-order chi connectivity index (χ1) is 10.8. The van der Waals surface area contributed by atoms with E-state index in [1.165, 1.54) is 0 Å². The van der Waals surface area contributed by atoms with E-state index in [4.69, 9.17) is 5.73 Å². The van der Waals surface area contributed by atoms with Gasteiger partial charge in [-0.2, -0.15) is 0 Å². The van der Waals surface area contributed by atoms with Crippen LogP contribution in [0, 0.1) is 21.2 Å². The summed E-state index contributed by atoms with van der Waals surface area (Å²) in [5.41, 5.74) is 8.34. The Balaban J connectivity index is 2.41. The summed E-state index contributed by atoms with van der Waals surface area (Å²) >= 11 is 2.14. The molecule has 3 aromatic rings. The van der Waals surface area contributed by atoms with E-state index in [0.29, 0.717) is 16.8 Å². The Labute approximate surface area is 145 Å². The molecule has 0 unspecified atom stereocenters. The third kappa shape index (κ3) is 2.58. The molecule has 120 valence electrons. The molecular formula is C17H14F3IN2. The fourth-order valence-corrected chi connectivity index (χ4v) is 4.19. The lowest BCUT2D eigenvalue weighted by atomic mass is 10.0. The Morgan fingerprint density at radius 1 is 1.04 bits per heavy atom. The SMILES string of the molecule is CC(C)n1c(I)c(-c2cc(F)c(F)c(F)c2)c2ccc(N)cc21. The monoisotopic (exact) mass is 430 g/mol. The highest BCUT2D eigenvalue weighted by atomic mass is 127. The molecule has 1 aromatic heterocycles. The van der Waals surface area contributed by atoms with Crippen molar-refractivity contribution in [2.75, 3.05) is 5.73 Å². The van der Waals surface area contributed by atoms with Gasteiger partial charge in [-0.3, -0.25) is 0 Å². The molecule has 0 radical (unpaired) electrons. The van der Waals surface area contributed by atoms with Gasteiger partial charge in [-0.05, 0) is 66.3 Å². The highest BCUT2D eigenvalue weighted by Crippen LogP contribution is 2.39. The number of hydrogen-bond acceptors (Lipinski definition) is 1. The van der Waals surface area contributed by atoms with Gasteiger partial charge in [-0.25, -0.2) is 13.2 Å². The molecule has 2 aromatic carbocycles. The van der Waals surface area contributed by atoms with Gasteiger partial charge in [0.25, 0.3) is 0 Å². The minimum atomic E-state index is -1.46. The Morgan fingerprint density at radius 3 is 2.22 bits per heavy atom. The zero-order chi connectivity index (χ0) is 16.9. The molecule has 0 atom stereocenters. The van der Waals surface area contributed by atoms with Gasteiger partial charge < -0.3 is 10.3 Å². The van der Waals surface area contributed by atoms with Crippen LogP contribution < -0.4 is 5.73 Å². The van der Waals surface area contributed by atoms with Crippen molar-refractivity contribution in [1.82, 2.24) is 4.57 Å². The summed E-state index contributed by atoms with van der Waals surface area (Å²) < 4.78 is 43.4. The quantitative estimate of drug-likeness (QED) is 0.325. The first-order valence-corrected chi connectivity index (χ1v) is 8.13. The zero-order valence-corrected chi connectivity index (χ0v) is 14.7. The van der Waals surface area contributed by atoms with E-state index >= 15 is 0 Å². The van der Waals surface area contributed by atoms with Crippen molar-refractivity contribution >= 4 is 39.2 Å². The van der Waals surface area contributed by atoms with Crippen LogP contribution in [0.3, 0.4) is 0 Å². The second-order valence-electron chi connectivity index (χ2n) is 5.66. The predicted molar refractivity (Wildman–Crippen MR) is 94.8 cm³/mol. The van der Waals surface area contributed by atoms with Crippen LogP contribution in [0.15, 0.2) is 30.3 Å². The summed E-state index contributed by atoms with van der Waals surface area (Å²) in [7, 11) is 0. The molecule has 0 saturated carbocycles. The van der Waals surface area contributed by atoms with Crippen molar-refractivity contribution < 1.29 is 13.2 Å². The molecule has 3 rings (SSSR count). The van der Waals surface area contributed by atoms with Crippen molar-refractivity contribution in [3.8, 4) is 11.1 Å². The van der Waals surface area contributed by atoms with Gasteiger partial charge in [0.05, 0.1) is 9.22 Å². The number of hydrogen-bond donors (Lipinski definition) is 1. The number of nitrogens with zero attached hydrogens (tertiary/aromatic N) is 1. The van der Waals surface area contributed by atoms with Gasteiger partial charge in [0.2, 0.25) is 0 Å². The number of nitrogens with two attached hydrogens (primary N) is 1. The van der Waals surface area contributed by atoms with E-state index in [1.807, 2.05) is 30.5 Å². The summed E-state index contributed by atoms with van der Waals surface area (Å²) in [6.07, 6.45) is 0. The summed E-state index contributed by atoms with van der Waals surface area (Å²) in [6.45, 7) is 4.03. The lowest BCUT2D eigenvalue weighted by Gasteiger charge is -2.12. The number of rotatable bonds is 2. The van der Waals surface area contributed by atoms with E-state index in [2.05, 4.69) is 22.6 Å². The Morgan fingerprint density at radius 2 is 1.65 bits per heavy atom. The lowest BCUT2D eigenvalue weighted by Crippen LogP contribution is -2.03. The molecule has 0 amide bonds. The smallest absolute Gasteiger partial charge is 0.194 e. The summed E-state index contributed by atoms with van der Waals surface area (Å²) in [5.74, 6) is -3.85. The Hall–Kier alpha value is -1.70. The van der Waals surface area contributed by atoms with Crippen molar-refractivity contribution in [1.29, 1.82) is 0 Å². The minimum absolute atomic E-state index is 0.134. The summed E-state index contributed by atoms with van der Waals surface area (Å²) in [4.78, 5) is 0. The van der Waals surface area contributed by atoms with Crippen LogP contribution in [0.1, 0.15) is 19.9 Å². The molecule has 0 saturated heterocycles. The average molecular weight is 430 g/mol. The van der Waals surface area contributed by atoms with Gasteiger partial charge >= 0.3 is 0 Å². The maximum Gasteiger partial charge on any atom is 0.194 e. The molecule has 23 heavy (non-hydrogen) atoms. The van der Waals surface area contributed by atoms with Crippen molar-refractivity contribution in [3.63, 3.8) is 0 Å². The fourth-order valence-electron chi connectivity index (χ4n) is 2.78. The normalized spacial score (nSPS) is 11.6. The second-order valence-corrected chi connectivity index (χ2v) is 6.68. The van der Waals surface area contributed by atoms with Crippen LogP contribution in [-0.4, -0.2) is 4.57 Å². The molecule has 0 spiro atoms. The molecule has 0 aliphatic heterocycles. The van der Waals surface area contributed by atoms with Crippen molar-refractivity contribution in [2.45, 2.75) is 19.9 Å². The molecule has 1 heterocycles. The largest absolute Gasteiger partial charge is 0.399 e. The van der Waals surface area contributed by atoms with Crippen LogP contribution in [-0.2, 0) is 0 Å². The van der Waals surface area contributed by atoms with Crippen LogP contribution in [0.5, 0.6) is 0 Å². The van der Waals surface area contributed by atoms with E-state index in [9.17, 15) is 13.2 Å². The number of nitrogen functional groups attached to an aromatic ring is 1. The number of halogens is 4. The average Bonchev–Trinajstić information content (AvgIpc) is 2.75. The Kier molecular flexibility index (Phi) is 4.03. The molecule has 0 fully saturated rings. The number of aromatic nitrogens is 1. The zero-order valence-electron chi connectivity index (χ0n) is 12.5. The molecule has 2 nitrogen and oxygen atoms in total. The third-order valence-electron chi connectivity index (χ3n) is 3.76. The van der Waals surface area contributed by atoms with Crippen molar-refractivity contribution in [3.05, 3.63) is 51.5 Å². The first kappa shape index (κ1) is 16.2. The number of anilines is 1. The third-order valence-corrected chi connectivity index (χ3v) is 4.82. The molecule has 2 N–H and O–H groups in total. The minimum Gasteiger partial charge on any atom is -0.399 e. The van der Waals surface area contributed by atoms with Crippen LogP contribution in [0.25, 0.3) is 22.0 Å². The van der Waals surface area contributed by atoms with Crippen molar-refractivity contribution in [2.24, 2.45) is 0 Å². The van der Waals surface area contributed by atoms with Crippen LogP contribution in [0.4, 0.5) is 18.9 Å². The number of fused-ring (bicyclic) bond motifs is 1. The second kappa shape index (κ2) is 5.74. The maximum atomic E-state index is 13.6. The molecule has 6 heteroatoms. The lowest BCUT2D eigenvalue weighted by molar-refractivity contribution is 0.447. The number of benzene rings is 2. The van der Waals surface area contributed by atoms with Gasteiger partial charge in [-0.1, -0.05) is 6.07 Å². The van der Waals surface area contributed by atoms with E-state index in [0.717, 1.165) is 26.7 Å². The standard InChI is InChI=1S/C17H14F3IN2/c1-8(2)23-14-7-10(22)3-4-11(14)15(17(23)21)9-5-12(18)16(20)13(19)6-9/h3-8H,22H2,1-2H3. The van der Waals surface area contributed by atoms with Crippen LogP contribution in [0.2, 0.25) is 0 Å². The molecule has 0 bridgehead atoms. The summed E-state index contributed by atoms with van der Waals surface area (Å²) in [5, 5.41) is 0.822. The van der Waals surface area contributed by atoms with E-state index in [1.54, 1.807) is 6.07 Å². The van der Waals surface area contributed by atoms with E-state index in [-0.39, 0.29) is 6.04 Å². The van der Waals surface area contributed by atoms with Gasteiger partial charge in [0, 0.05) is 22.7 Å². The molecular weight excluding hydrogens is 416 g/mol.